The van der Waals surface area contributed by atoms with E-state index in [-0.39, 0.29) is 12.0 Å². The molecule has 20 heavy (non-hydrogen) atoms. The molecule has 2 aromatic carbocycles. The molecule has 0 bridgehead atoms. The van der Waals surface area contributed by atoms with E-state index in [1.807, 2.05) is 17.8 Å². The Morgan fingerprint density at radius 1 is 0.950 bits per heavy atom. The molecule has 0 radical (unpaired) electrons. The lowest BCUT2D eigenvalue weighted by molar-refractivity contribution is 0.180. The van der Waals surface area contributed by atoms with Crippen molar-refractivity contribution in [3.63, 3.8) is 0 Å². The van der Waals surface area contributed by atoms with Crippen LogP contribution < -0.4 is 0 Å². The van der Waals surface area contributed by atoms with E-state index < -0.39 is 0 Å². The highest BCUT2D eigenvalue weighted by molar-refractivity contribution is 7.99. The maximum Gasteiger partial charge on any atom is 0.0490 e. The predicted octanol–water partition coefficient (Wildman–Crippen LogP) is 4.39. The lowest BCUT2D eigenvalue weighted by Gasteiger charge is -2.21. The molecule has 0 aliphatic carbocycles. The van der Waals surface area contributed by atoms with E-state index in [2.05, 4.69) is 62.4 Å². The van der Waals surface area contributed by atoms with E-state index in [0.29, 0.717) is 0 Å². The molecule has 0 atom stereocenters. The van der Waals surface area contributed by atoms with Gasteiger partial charge in [0, 0.05) is 17.3 Å². The van der Waals surface area contributed by atoms with Crippen LogP contribution in [0.3, 0.4) is 0 Å². The van der Waals surface area contributed by atoms with Gasteiger partial charge in [0.15, 0.2) is 0 Å². The lowest BCUT2D eigenvalue weighted by Crippen LogP contribution is -2.19. The highest BCUT2D eigenvalue weighted by Crippen LogP contribution is 2.30. The number of thioether (sulfide) groups is 1. The second-order valence-electron chi connectivity index (χ2n) is 5.88. The molecule has 106 valence electrons. The summed E-state index contributed by atoms with van der Waals surface area (Å²) < 4.78 is 0. The van der Waals surface area contributed by atoms with Gasteiger partial charge in [-0.1, -0.05) is 62.4 Å². The summed E-state index contributed by atoms with van der Waals surface area (Å²) in [4.78, 5) is 1.32. The molecule has 0 aliphatic rings. The number of hydrogen-bond acceptors (Lipinski definition) is 2. The highest BCUT2D eigenvalue weighted by Gasteiger charge is 2.17. The van der Waals surface area contributed by atoms with Gasteiger partial charge in [-0.15, -0.1) is 11.8 Å². The van der Waals surface area contributed by atoms with Crippen LogP contribution in [0.5, 0.6) is 0 Å². The minimum absolute atomic E-state index is 0.0372. The Labute approximate surface area is 126 Å². The molecule has 2 heteroatoms. The van der Waals surface area contributed by atoms with Crippen LogP contribution in [0.2, 0.25) is 0 Å². The third-order valence-electron chi connectivity index (χ3n) is 3.26. The van der Waals surface area contributed by atoms with Crippen molar-refractivity contribution in [2.45, 2.75) is 25.2 Å². The molecule has 0 spiro atoms. The molecule has 0 aromatic heterocycles. The van der Waals surface area contributed by atoms with Gasteiger partial charge < -0.3 is 5.11 Å². The highest BCUT2D eigenvalue weighted by atomic mass is 32.2. The van der Waals surface area contributed by atoms with Gasteiger partial charge in [0.05, 0.1) is 0 Å². The summed E-state index contributed by atoms with van der Waals surface area (Å²) >= 11 is 1.84. The van der Waals surface area contributed by atoms with Gasteiger partial charge in [-0.25, -0.2) is 0 Å². The van der Waals surface area contributed by atoms with Crippen LogP contribution in [-0.2, 0) is 6.42 Å². The molecular formula is C18H22OS. The molecule has 0 unspecified atom stereocenters. The van der Waals surface area contributed by atoms with Gasteiger partial charge in [-0.2, -0.15) is 0 Å². The fraction of sp³-hybridized carbons (Fsp3) is 0.333. The largest absolute Gasteiger partial charge is 0.396 e. The van der Waals surface area contributed by atoms with Crippen molar-refractivity contribution >= 4 is 11.8 Å². The zero-order valence-electron chi connectivity index (χ0n) is 12.2. The van der Waals surface area contributed by atoms with Crippen LogP contribution >= 0.6 is 11.8 Å². The summed E-state index contributed by atoms with van der Waals surface area (Å²) in [5, 5.41) is 9.36. The number of rotatable bonds is 6. The third-order valence-corrected chi connectivity index (χ3v) is 4.89. The topological polar surface area (TPSA) is 20.2 Å². The normalized spacial score (nSPS) is 11.6. The maximum absolute atomic E-state index is 9.36. The van der Waals surface area contributed by atoms with Crippen LogP contribution in [-0.4, -0.2) is 17.5 Å². The first-order valence-electron chi connectivity index (χ1n) is 6.96. The molecule has 0 heterocycles. The summed E-state index contributed by atoms with van der Waals surface area (Å²) in [6, 6.07) is 19.1. The van der Waals surface area contributed by atoms with Gasteiger partial charge in [0.1, 0.15) is 0 Å². The van der Waals surface area contributed by atoms with Gasteiger partial charge >= 0.3 is 0 Å². The smallest absolute Gasteiger partial charge is 0.0490 e. The van der Waals surface area contributed by atoms with E-state index in [1.54, 1.807) is 0 Å². The number of hydrogen-bond donors (Lipinski definition) is 1. The molecule has 0 amide bonds. The summed E-state index contributed by atoms with van der Waals surface area (Å²) in [6.45, 7) is 4.42. The van der Waals surface area contributed by atoms with E-state index in [9.17, 15) is 5.11 Å². The van der Waals surface area contributed by atoms with Gasteiger partial charge in [0.2, 0.25) is 0 Å². The summed E-state index contributed by atoms with van der Waals surface area (Å²) in [5.41, 5.74) is 2.66. The first kappa shape index (κ1) is 15.1. The van der Waals surface area contributed by atoms with Crippen LogP contribution in [0.1, 0.15) is 25.0 Å². The Hall–Kier alpha value is -1.25. The van der Waals surface area contributed by atoms with Gasteiger partial charge in [-0.05, 0) is 29.0 Å². The molecule has 1 nitrogen and oxygen atoms in total. The molecule has 2 aromatic rings. The van der Waals surface area contributed by atoms with Crippen LogP contribution in [0.25, 0.3) is 0 Å². The minimum Gasteiger partial charge on any atom is -0.396 e. The maximum atomic E-state index is 9.36. The molecule has 0 fully saturated rings. The van der Waals surface area contributed by atoms with Crippen molar-refractivity contribution in [1.82, 2.24) is 0 Å². The monoisotopic (exact) mass is 286 g/mol. The van der Waals surface area contributed by atoms with Crippen molar-refractivity contribution in [1.29, 1.82) is 0 Å². The first-order valence-corrected chi connectivity index (χ1v) is 7.95. The molecule has 0 aliphatic heterocycles. The Kier molecular flexibility index (Phi) is 5.27. The van der Waals surface area contributed by atoms with E-state index >= 15 is 0 Å². The summed E-state index contributed by atoms with van der Waals surface area (Å²) in [5.74, 6) is 0.926. The van der Waals surface area contributed by atoms with E-state index in [0.717, 1.165) is 12.2 Å². The standard InChI is InChI=1S/C18H22OS/c1-18(2,13-19)14-20-17-11-7-6-10-16(17)12-15-8-4-3-5-9-15/h3-11,19H,12-14H2,1-2H3. The van der Waals surface area contributed by atoms with Crippen molar-refractivity contribution in [3.05, 3.63) is 65.7 Å². The summed E-state index contributed by atoms with van der Waals surface area (Å²) in [6.07, 6.45) is 0.962. The van der Waals surface area contributed by atoms with Gasteiger partial charge in [0.25, 0.3) is 0 Å². The van der Waals surface area contributed by atoms with Crippen molar-refractivity contribution in [2.75, 3.05) is 12.4 Å². The van der Waals surface area contributed by atoms with Crippen LogP contribution in [0.15, 0.2) is 59.5 Å². The fourth-order valence-corrected chi connectivity index (χ4v) is 3.06. The number of aliphatic hydroxyl groups is 1. The Balaban J connectivity index is 2.10. The molecule has 0 saturated heterocycles. The zero-order valence-corrected chi connectivity index (χ0v) is 13.0. The summed E-state index contributed by atoms with van der Waals surface area (Å²) in [7, 11) is 0. The quantitative estimate of drug-likeness (QED) is 0.795. The Morgan fingerprint density at radius 3 is 2.30 bits per heavy atom. The minimum atomic E-state index is -0.0372. The van der Waals surface area contributed by atoms with Crippen molar-refractivity contribution in [2.24, 2.45) is 5.41 Å². The average molecular weight is 286 g/mol. The van der Waals surface area contributed by atoms with Crippen LogP contribution in [0, 0.1) is 5.41 Å². The predicted molar refractivity (Wildman–Crippen MR) is 87.3 cm³/mol. The third kappa shape index (κ3) is 4.39. The molecule has 1 N–H and O–H groups in total. The zero-order chi connectivity index (χ0) is 14.4. The van der Waals surface area contributed by atoms with E-state index in [4.69, 9.17) is 0 Å². The molecular weight excluding hydrogens is 264 g/mol. The SMILES string of the molecule is CC(C)(CO)CSc1ccccc1Cc1ccccc1. The number of benzene rings is 2. The fourth-order valence-electron chi connectivity index (χ4n) is 1.93. The number of aliphatic hydroxyl groups excluding tert-OH is 1. The Bertz CT molecular complexity index is 534. The molecule has 0 saturated carbocycles. The molecule has 2 rings (SSSR count). The van der Waals surface area contributed by atoms with Crippen LogP contribution in [0.4, 0.5) is 0 Å². The Morgan fingerprint density at radius 2 is 1.60 bits per heavy atom. The second-order valence-corrected chi connectivity index (χ2v) is 6.90. The first-order chi connectivity index (χ1) is 9.61. The van der Waals surface area contributed by atoms with Crippen molar-refractivity contribution in [3.8, 4) is 0 Å². The second kappa shape index (κ2) is 6.96. The average Bonchev–Trinajstić information content (AvgIpc) is 2.47. The van der Waals surface area contributed by atoms with E-state index in [1.165, 1.54) is 16.0 Å². The lowest BCUT2D eigenvalue weighted by atomic mass is 9.98. The van der Waals surface area contributed by atoms with Gasteiger partial charge in [-0.3, -0.25) is 0 Å². The van der Waals surface area contributed by atoms with Crippen molar-refractivity contribution < 1.29 is 5.11 Å².